The van der Waals surface area contributed by atoms with Gasteiger partial charge in [-0.3, -0.25) is 19.0 Å². The zero-order valence-corrected chi connectivity index (χ0v) is 19.3. The highest BCUT2D eigenvalue weighted by Crippen LogP contribution is 2.29. The van der Waals surface area contributed by atoms with Crippen LogP contribution in [-0.4, -0.2) is 64.7 Å². The van der Waals surface area contributed by atoms with Gasteiger partial charge in [0, 0.05) is 38.2 Å². The minimum Gasteiger partial charge on any atom is -0.376 e. The molecule has 0 unspecified atom stereocenters. The molecule has 0 aliphatic carbocycles. The quantitative estimate of drug-likeness (QED) is 0.627. The van der Waals surface area contributed by atoms with Gasteiger partial charge in [0.25, 0.3) is 5.56 Å². The number of hydrogen-bond acceptors (Lipinski definition) is 8. The molecule has 0 spiro atoms. The molecule has 2 N–H and O–H groups in total. The van der Waals surface area contributed by atoms with Crippen molar-refractivity contribution in [3.05, 3.63) is 16.7 Å². The molecule has 0 bridgehead atoms. The molecule has 0 saturated carbocycles. The van der Waals surface area contributed by atoms with Crippen LogP contribution in [0.3, 0.4) is 0 Å². The van der Waals surface area contributed by atoms with Crippen LogP contribution in [0.2, 0.25) is 0 Å². The number of nitrogens with zero attached hydrogens (tertiary/aromatic N) is 4. The Morgan fingerprint density at radius 3 is 2.75 bits per heavy atom. The lowest BCUT2D eigenvalue weighted by Crippen LogP contribution is -2.42. The fraction of sp³-hybridized carbons (Fsp3) is 0.667. The average Bonchev–Trinajstić information content (AvgIpc) is 3.44. The molecule has 2 aliphatic heterocycles. The zero-order chi connectivity index (χ0) is 22.7. The summed E-state index contributed by atoms with van der Waals surface area (Å²) in [7, 11) is 0. The van der Waals surface area contributed by atoms with E-state index in [1.807, 2.05) is 13.8 Å². The van der Waals surface area contributed by atoms with Crippen molar-refractivity contribution in [2.75, 3.05) is 31.1 Å². The lowest BCUT2D eigenvalue weighted by Gasteiger charge is -2.31. The summed E-state index contributed by atoms with van der Waals surface area (Å²) >= 11 is 1.29. The number of amides is 2. The number of hydrogen-bond donors (Lipinski definition) is 2. The van der Waals surface area contributed by atoms with Gasteiger partial charge in [0.1, 0.15) is 17.6 Å². The van der Waals surface area contributed by atoms with E-state index in [0.29, 0.717) is 30.0 Å². The van der Waals surface area contributed by atoms with Crippen molar-refractivity contribution >= 4 is 38.6 Å². The summed E-state index contributed by atoms with van der Waals surface area (Å²) in [6.45, 7) is 6.43. The van der Waals surface area contributed by atoms with E-state index in [2.05, 4.69) is 25.5 Å². The van der Waals surface area contributed by atoms with Gasteiger partial charge in [-0.2, -0.15) is 4.98 Å². The first-order chi connectivity index (χ1) is 15.4. The minimum atomic E-state index is -0.266. The molecule has 4 heterocycles. The Labute approximate surface area is 190 Å². The molecule has 4 rings (SSSR count). The molecular formula is C21H30N6O4S. The van der Waals surface area contributed by atoms with Crippen molar-refractivity contribution in [1.82, 2.24) is 25.2 Å². The third-order valence-electron chi connectivity index (χ3n) is 5.80. The number of rotatable bonds is 7. The van der Waals surface area contributed by atoms with Crippen LogP contribution < -0.4 is 21.1 Å². The molecular weight excluding hydrogens is 432 g/mol. The van der Waals surface area contributed by atoms with E-state index in [0.717, 1.165) is 37.4 Å². The largest absolute Gasteiger partial charge is 0.376 e. The Kier molecular flexibility index (Phi) is 7.04. The fourth-order valence-corrected chi connectivity index (χ4v) is 5.08. The van der Waals surface area contributed by atoms with Gasteiger partial charge >= 0.3 is 0 Å². The average molecular weight is 463 g/mol. The Morgan fingerprint density at radius 1 is 1.28 bits per heavy atom. The number of fused-ring (bicyclic) bond motifs is 1. The van der Waals surface area contributed by atoms with Gasteiger partial charge in [-0.1, -0.05) is 11.3 Å². The summed E-state index contributed by atoms with van der Waals surface area (Å²) in [5, 5.41) is 6.53. The molecule has 0 radical (unpaired) electrons. The van der Waals surface area contributed by atoms with Gasteiger partial charge in [-0.25, -0.2) is 4.98 Å². The van der Waals surface area contributed by atoms with Gasteiger partial charge < -0.3 is 20.3 Å². The van der Waals surface area contributed by atoms with E-state index in [1.165, 1.54) is 22.2 Å². The number of ether oxygens (including phenoxy) is 1. The standard InChI is InChI=1S/C21H30N6O4S/c1-13(2)24-19(29)14-5-7-26(8-6-14)21-25-18-17(32-21)20(30)27(12-23-18)11-16(28)22-10-15-4-3-9-31-15/h12-15H,3-11H2,1-2H3,(H,22,28)(H,24,29)/t15-/m1/s1. The molecule has 2 aromatic heterocycles. The predicted octanol–water partition coefficient (Wildman–Crippen LogP) is 0.889. The van der Waals surface area contributed by atoms with Crippen LogP contribution in [0.5, 0.6) is 0 Å². The van der Waals surface area contributed by atoms with E-state index in [4.69, 9.17) is 4.74 Å². The van der Waals surface area contributed by atoms with Crippen molar-refractivity contribution in [3.8, 4) is 0 Å². The molecule has 2 saturated heterocycles. The van der Waals surface area contributed by atoms with Gasteiger partial charge in [0.05, 0.1) is 6.10 Å². The van der Waals surface area contributed by atoms with Crippen LogP contribution in [0.4, 0.5) is 5.13 Å². The smallest absolute Gasteiger partial charge is 0.273 e. The van der Waals surface area contributed by atoms with E-state index in [9.17, 15) is 14.4 Å². The summed E-state index contributed by atoms with van der Waals surface area (Å²) in [5.74, 6) is -0.131. The molecule has 2 aliphatic rings. The van der Waals surface area contributed by atoms with Crippen LogP contribution in [-0.2, 0) is 20.9 Å². The van der Waals surface area contributed by atoms with Crippen molar-refractivity contribution in [2.45, 2.75) is 58.2 Å². The number of nitrogens with one attached hydrogen (secondary N) is 2. The lowest BCUT2D eigenvalue weighted by molar-refractivity contribution is -0.126. The van der Waals surface area contributed by atoms with Crippen molar-refractivity contribution in [3.63, 3.8) is 0 Å². The maximum atomic E-state index is 12.9. The van der Waals surface area contributed by atoms with Crippen LogP contribution in [0, 0.1) is 5.92 Å². The minimum absolute atomic E-state index is 0.00604. The summed E-state index contributed by atoms with van der Waals surface area (Å²) in [6.07, 6.45) is 4.88. The monoisotopic (exact) mass is 462 g/mol. The van der Waals surface area contributed by atoms with Crippen LogP contribution in [0.15, 0.2) is 11.1 Å². The molecule has 2 fully saturated rings. The molecule has 0 aromatic carbocycles. The molecule has 174 valence electrons. The predicted molar refractivity (Wildman–Crippen MR) is 122 cm³/mol. The summed E-state index contributed by atoms with van der Waals surface area (Å²) < 4.78 is 7.26. The number of piperidine rings is 1. The highest BCUT2D eigenvalue weighted by molar-refractivity contribution is 7.22. The number of thiazole rings is 1. The van der Waals surface area contributed by atoms with Crippen LogP contribution in [0.25, 0.3) is 10.3 Å². The topological polar surface area (TPSA) is 118 Å². The molecule has 11 heteroatoms. The van der Waals surface area contributed by atoms with Crippen LogP contribution in [0.1, 0.15) is 39.5 Å². The van der Waals surface area contributed by atoms with Gasteiger partial charge in [0.15, 0.2) is 10.8 Å². The van der Waals surface area contributed by atoms with Crippen molar-refractivity contribution in [2.24, 2.45) is 5.92 Å². The SMILES string of the molecule is CC(C)NC(=O)C1CCN(c2nc3ncn(CC(=O)NC[C@H]4CCCO4)c(=O)c3s2)CC1. The van der Waals surface area contributed by atoms with E-state index in [1.54, 1.807) is 0 Å². The first-order valence-electron chi connectivity index (χ1n) is 11.2. The Balaban J connectivity index is 1.38. The number of carbonyl (C=O) groups excluding carboxylic acids is 2. The maximum Gasteiger partial charge on any atom is 0.273 e. The Hall–Kier alpha value is -2.53. The van der Waals surface area contributed by atoms with E-state index in [-0.39, 0.29) is 42.0 Å². The normalized spacial score (nSPS) is 19.6. The van der Waals surface area contributed by atoms with Crippen molar-refractivity contribution < 1.29 is 14.3 Å². The summed E-state index contributed by atoms with van der Waals surface area (Å²) in [4.78, 5) is 48.3. The van der Waals surface area contributed by atoms with E-state index < -0.39 is 0 Å². The maximum absolute atomic E-state index is 12.9. The molecule has 10 nitrogen and oxygen atoms in total. The Bertz CT molecular complexity index is 1020. The second-order valence-corrected chi connectivity index (χ2v) is 9.67. The highest BCUT2D eigenvalue weighted by Gasteiger charge is 2.27. The van der Waals surface area contributed by atoms with Crippen LogP contribution >= 0.6 is 11.3 Å². The summed E-state index contributed by atoms with van der Waals surface area (Å²) in [5.41, 5.74) is 0.128. The second-order valence-electron chi connectivity index (χ2n) is 8.69. The number of carbonyl (C=O) groups is 2. The zero-order valence-electron chi connectivity index (χ0n) is 18.5. The Morgan fingerprint density at radius 2 is 2.06 bits per heavy atom. The molecule has 2 amide bonds. The molecule has 32 heavy (non-hydrogen) atoms. The first kappa shape index (κ1) is 22.7. The van der Waals surface area contributed by atoms with Gasteiger partial charge in [-0.15, -0.1) is 0 Å². The third-order valence-corrected chi connectivity index (χ3v) is 6.90. The summed E-state index contributed by atoms with van der Waals surface area (Å²) in [6, 6.07) is 0.135. The second kappa shape index (κ2) is 9.95. The molecule has 1 atom stereocenters. The molecule has 2 aromatic rings. The van der Waals surface area contributed by atoms with E-state index >= 15 is 0 Å². The van der Waals surface area contributed by atoms with Crippen molar-refractivity contribution in [1.29, 1.82) is 0 Å². The fourth-order valence-electron chi connectivity index (χ4n) is 4.06. The first-order valence-corrected chi connectivity index (χ1v) is 12.0. The number of aromatic nitrogens is 3. The number of anilines is 1. The third kappa shape index (κ3) is 5.26. The highest BCUT2D eigenvalue weighted by atomic mass is 32.1. The lowest BCUT2D eigenvalue weighted by atomic mass is 9.96. The van der Waals surface area contributed by atoms with Gasteiger partial charge in [0.2, 0.25) is 11.8 Å². The van der Waals surface area contributed by atoms with Gasteiger partial charge in [-0.05, 0) is 39.5 Å².